The number of methoxy groups -OCH3 is 2. The smallest absolute Gasteiger partial charge is 0.306 e. The second kappa shape index (κ2) is 5.30. The Morgan fingerprint density at radius 3 is 2.74 bits per heavy atom. The molecule has 0 aliphatic heterocycles. The van der Waals surface area contributed by atoms with Crippen molar-refractivity contribution in [2.24, 2.45) is 11.1 Å². The molecule has 0 heterocycles. The Kier molecular flexibility index (Phi) is 3.74. The zero-order valence-corrected chi connectivity index (χ0v) is 11.2. The van der Waals surface area contributed by atoms with Crippen LogP contribution >= 0.6 is 0 Å². The highest BCUT2D eigenvalue weighted by Crippen LogP contribution is 2.41. The summed E-state index contributed by atoms with van der Waals surface area (Å²) in [6.07, 6.45) is 0.202. The van der Waals surface area contributed by atoms with Crippen molar-refractivity contribution < 1.29 is 19.5 Å². The highest BCUT2D eigenvalue weighted by molar-refractivity contribution is 6.08. The molecule has 5 heteroatoms. The highest BCUT2D eigenvalue weighted by atomic mass is 16.5. The number of carbonyl (C=O) groups excluding carboxylic acids is 1. The van der Waals surface area contributed by atoms with Crippen LogP contribution < -0.4 is 4.74 Å². The van der Waals surface area contributed by atoms with Crippen molar-refractivity contribution in [1.29, 1.82) is 0 Å². The number of benzene rings is 1. The molecule has 1 N–H and O–H groups in total. The van der Waals surface area contributed by atoms with Crippen LogP contribution in [0.1, 0.15) is 30.4 Å². The van der Waals surface area contributed by atoms with Crippen LogP contribution in [-0.4, -0.2) is 31.1 Å². The Balaban J connectivity index is 2.39. The van der Waals surface area contributed by atoms with E-state index in [0.29, 0.717) is 5.71 Å². The molecule has 2 unspecified atom stereocenters. The fraction of sp³-hybridized carbons (Fsp3) is 0.429. The van der Waals surface area contributed by atoms with Gasteiger partial charge in [0, 0.05) is 11.5 Å². The van der Waals surface area contributed by atoms with E-state index in [0.717, 1.165) is 16.9 Å². The van der Waals surface area contributed by atoms with Gasteiger partial charge in [-0.2, -0.15) is 0 Å². The summed E-state index contributed by atoms with van der Waals surface area (Å²) in [5.41, 5.74) is 2.43. The summed E-state index contributed by atoms with van der Waals surface area (Å²) in [6.45, 7) is 2.00. The zero-order chi connectivity index (χ0) is 14.0. The van der Waals surface area contributed by atoms with Gasteiger partial charge in [-0.1, -0.05) is 12.1 Å². The third kappa shape index (κ3) is 2.28. The summed E-state index contributed by atoms with van der Waals surface area (Å²) in [6, 6.07) is 5.59. The number of nitrogens with zero attached hydrogens (tertiary/aromatic N) is 1. The molecule has 2 rings (SSSR count). The summed E-state index contributed by atoms with van der Waals surface area (Å²) in [5.74, 6) is 0.356. The van der Waals surface area contributed by atoms with Crippen LogP contribution in [0.2, 0.25) is 0 Å². The highest BCUT2D eigenvalue weighted by Gasteiger charge is 2.37. The molecule has 0 saturated carbocycles. The van der Waals surface area contributed by atoms with Gasteiger partial charge < -0.3 is 14.7 Å². The number of hydrogen-bond acceptors (Lipinski definition) is 5. The molecule has 1 aliphatic rings. The van der Waals surface area contributed by atoms with Gasteiger partial charge in [0.25, 0.3) is 0 Å². The summed E-state index contributed by atoms with van der Waals surface area (Å²) < 4.78 is 9.90. The number of rotatable bonds is 3. The van der Waals surface area contributed by atoms with Crippen molar-refractivity contribution in [3.63, 3.8) is 0 Å². The van der Waals surface area contributed by atoms with Crippen LogP contribution in [0.5, 0.6) is 5.75 Å². The number of oxime groups is 1. The average Bonchev–Trinajstić information content (AvgIpc) is 2.70. The Bertz CT molecular complexity index is 524. The summed E-state index contributed by atoms with van der Waals surface area (Å²) in [7, 11) is 2.96. The number of carbonyl (C=O) groups is 1. The molecule has 0 aromatic heterocycles. The summed E-state index contributed by atoms with van der Waals surface area (Å²) in [5, 5.41) is 12.6. The number of esters is 1. The van der Waals surface area contributed by atoms with Crippen LogP contribution in [0.25, 0.3) is 0 Å². The Labute approximate surface area is 111 Å². The average molecular weight is 263 g/mol. The van der Waals surface area contributed by atoms with Crippen LogP contribution in [-0.2, 0) is 9.53 Å². The van der Waals surface area contributed by atoms with E-state index in [1.54, 1.807) is 7.11 Å². The SMILES string of the molecule is COC(=O)CC1C(=NO)c2ccc(OC)cc2C1C. The van der Waals surface area contributed by atoms with Gasteiger partial charge >= 0.3 is 5.97 Å². The van der Waals surface area contributed by atoms with E-state index in [1.807, 2.05) is 25.1 Å². The molecule has 0 amide bonds. The summed E-state index contributed by atoms with van der Waals surface area (Å²) in [4.78, 5) is 11.5. The lowest BCUT2D eigenvalue weighted by atomic mass is 9.91. The first kappa shape index (κ1) is 13.4. The van der Waals surface area contributed by atoms with Crippen molar-refractivity contribution in [2.75, 3.05) is 14.2 Å². The third-order valence-corrected chi connectivity index (χ3v) is 3.70. The minimum Gasteiger partial charge on any atom is -0.497 e. The Hall–Kier alpha value is -2.04. The predicted molar refractivity (Wildman–Crippen MR) is 69.9 cm³/mol. The zero-order valence-electron chi connectivity index (χ0n) is 11.2. The van der Waals surface area contributed by atoms with Gasteiger partial charge in [0.05, 0.1) is 26.4 Å². The fourth-order valence-electron chi connectivity index (χ4n) is 2.60. The van der Waals surface area contributed by atoms with E-state index >= 15 is 0 Å². The predicted octanol–water partition coefficient (Wildman–Crippen LogP) is 2.17. The molecule has 1 aromatic rings. The van der Waals surface area contributed by atoms with Gasteiger partial charge in [-0.25, -0.2) is 0 Å². The lowest BCUT2D eigenvalue weighted by molar-refractivity contribution is -0.141. The van der Waals surface area contributed by atoms with Gasteiger partial charge in [-0.05, 0) is 29.7 Å². The molecule has 1 aromatic carbocycles. The minimum atomic E-state index is -0.308. The largest absolute Gasteiger partial charge is 0.497 e. The minimum absolute atomic E-state index is 0.0788. The van der Waals surface area contributed by atoms with Crippen molar-refractivity contribution in [3.05, 3.63) is 29.3 Å². The van der Waals surface area contributed by atoms with E-state index < -0.39 is 0 Å². The first-order chi connectivity index (χ1) is 9.12. The van der Waals surface area contributed by atoms with Crippen LogP contribution in [0.15, 0.2) is 23.4 Å². The fourth-order valence-corrected chi connectivity index (χ4v) is 2.60. The van der Waals surface area contributed by atoms with E-state index in [1.165, 1.54) is 7.11 Å². The molecule has 5 nitrogen and oxygen atoms in total. The maximum atomic E-state index is 11.5. The normalized spacial score (nSPS) is 23.2. The van der Waals surface area contributed by atoms with Gasteiger partial charge in [0.15, 0.2) is 0 Å². The van der Waals surface area contributed by atoms with Crippen molar-refractivity contribution >= 4 is 11.7 Å². The molecule has 0 radical (unpaired) electrons. The molecular weight excluding hydrogens is 246 g/mol. The van der Waals surface area contributed by atoms with Crippen LogP contribution in [0, 0.1) is 5.92 Å². The molecule has 0 fully saturated rings. The first-order valence-electron chi connectivity index (χ1n) is 6.09. The Morgan fingerprint density at radius 2 is 2.16 bits per heavy atom. The van der Waals surface area contributed by atoms with Crippen LogP contribution in [0.4, 0.5) is 0 Å². The van der Waals surface area contributed by atoms with Gasteiger partial charge in [-0.3, -0.25) is 4.79 Å². The van der Waals surface area contributed by atoms with Crippen molar-refractivity contribution in [2.45, 2.75) is 19.3 Å². The quantitative estimate of drug-likeness (QED) is 0.515. The number of ether oxygens (including phenoxy) is 2. The van der Waals surface area contributed by atoms with Crippen molar-refractivity contribution in [3.8, 4) is 5.75 Å². The second-order valence-electron chi connectivity index (χ2n) is 4.61. The van der Waals surface area contributed by atoms with E-state index in [2.05, 4.69) is 5.16 Å². The van der Waals surface area contributed by atoms with E-state index in [4.69, 9.17) is 9.47 Å². The topological polar surface area (TPSA) is 68.1 Å². The maximum Gasteiger partial charge on any atom is 0.306 e. The molecule has 0 saturated heterocycles. The maximum absolute atomic E-state index is 11.5. The third-order valence-electron chi connectivity index (χ3n) is 3.70. The molecular formula is C14H17NO4. The molecule has 19 heavy (non-hydrogen) atoms. The molecule has 102 valence electrons. The van der Waals surface area contributed by atoms with Crippen molar-refractivity contribution in [1.82, 2.24) is 0 Å². The second-order valence-corrected chi connectivity index (χ2v) is 4.61. The molecule has 0 bridgehead atoms. The van der Waals surface area contributed by atoms with Gasteiger partial charge in [0.2, 0.25) is 0 Å². The molecule has 2 atom stereocenters. The first-order valence-corrected chi connectivity index (χ1v) is 6.09. The lowest BCUT2D eigenvalue weighted by Crippen LogP contribution is -2.18. The molecule has 0 spiro atoms. The monoisotopic (exact) mass is 263 g/mol. The number of hydrogen-bond donors (Lipinski definition) is 1. The summed E-state index contributed by atoms with van der Waals surface area (Å²) >= 11 is 0. The standard InChI is InChI=1S/C14H17NO4/c1-8-11-6-9(18-2)4-5-10(11)14(15-17)12(8)7-13(16)19-3/h4-6,8,12,17H,7H2,1-3H3. The van der Waals surface area contributed by atoms with E-state index in [-0.39, 0.29) is 24.2 Å². The number of fused-ring (bicyclic) bond motifs is 1. The van der Waals surface area contributed by atoms with Gasteiger partial charge in [-0.15, -0.1) is 0 Å². The van der Waals surface area contributed by atoms with Gasteiger partial charge in [0.1, 0.15) is 5.75 Å². The van der Waals surface area contributed by atoms with E-state index in [9.17, 15) is 10.0 Å². The Morgan fingerprint density at radius 1 is 1.42 bits per heavy atom. The van der Waals surface area contributed by atoms with Crippen LogP contribution in [0.3, 0.4) is 0 Å². The lowest BCUT2D eigenvalue weighted by Gasteiger charge is -2.14. The molecule has 1 aliphatic carbocycles.